The second-order valence-corrected chi connectivity index (χ2v) is 8.79. The highest BCUT2D eigenvalue weighted by Crippen LogP contribution is 2.38. The van der Waals surface area contributed by atoms with Gasteiger partial charge in [-0.05, 0) is 54.2 Å². The molecule has 2 aromatic carbocycles. The minimum Gasteiger partial charge on any atom is -0.454 e. The molecule has 0 bridgehead atoms. The van der Waals surface area contributed by atoms with E-state index in [9.17, 15) is 8.42 Å². The van der Waals surface area contributed by atoms with Crippen molar-refractivity contribution in [2.24, 2.45) is 0 Å². The molecule has 2 aliphatic heterocycles. The van der Waals surface area contributed by atoms with E-state index in [1.165, 1.54) is 5.56 Å². The predicted molar refractivity (Wildman–Crippen MR) is 99.1 cm³/mol. The molecule has 0 saturated carbocycles. The van der Waals surface area contributed by atoms with Crippen molar-refractivity contribution in [3.63, 3.8) is 0 Å². The standard InChI is InChI=1S/C20H23NO4S/c1-2-3-15-4-7-18(8-5-15)26(22,23)21-11-10-17(13-21)16-6-9-19-20(12-16)25-14-24-19/h4-9,12,17H,2-3,10-11,13-14H2,1H3. The summed E-state index contributed by atoms with van der Waals surface area (Å²) in [5, 5.41) is 0. The summed E-state index contributed by atoms with van der Waals surface area (Å²) >= 11 is 0. The molecule has 0 aliphatic carbocycles. The van der Waals surface area contributed by atoms with Crippen LogP contribution in [0.25, 0.3) is 0 Å². The van der Waals surface area contributed by atoms with Crippen LogP contribution in [0.1, 0.15) is 36.8 Å². The maximum Gasteiger partial charge on any atom is 0.243 e. The number of benzene rings is 2. The SMILES string of the molecule is CCCc1ccc(S(=O)(=O)N2CCC(c3ccc4c(c3)OCO4)C2)cc1. The zero-order chi connectivity index (χ0) is 18.1. The summed E-state index contributed by atoms with van der Waals surface area (Å²) in [6, 6.07) is 13.2. The van der Waals surface area contributed by atoms with Gasteiger partial charge in [-0.15, -0.1) is 0 Å². The number of ether oxygens (including phenoxy) is 2. The van der Waals surface area contributed by atoms with Gasteiger partial charge in [0.05, 0.1) is 4.90 Å². The zero-order valence-corrected chi connectivity index (χ0v) is 15.7. The van der Waals surface area contributed by atoms with Gasteiger partial charge < -0.3 is 9.47 Å². The van der Waals surface area contributed by atoms with E-state index in [1.54, 1.807) is 16.4 Å². The Kier molecular flexibility index (Phi) is 4.63. The predicted octanol–water partition coefficient (Wildman–Crippen LogP) is 3.55. The Balaban J connectivity index is 1.50. The van der Waals surface area contributed by atoms with E-state index in [2.05, 4.69) is 6.92 Å². The Morgan fingerprint density at radius 2 is 1.85 bits per heavy atom. The van der Waals surface area contributed by atoms with E-state index in [0.717, 1.165) is 36.3 Å². The number of aryl methyl sites for hydroxylation is 1. The molecule has 138 valence electrons. The minimum atomic E-state index is -3.45. The quantitative estimate of drug-likeness (QED) is 0.804. The van der Waals surface area contributed by atoms with E-state index >= 15 is 0 Å². The molecule has 2 aliphatic rings. The molecule has 26 heavy (non-hydrogen) atoms. The largest absolute Gasteiger partial charge is 0.454 e. The van der Waals surface area contributed by atoms with Crippen LogP contribution in [0.5, 0.6) is 11.5 Å². The first-order valence-corrected chi connectivity index (χ1v) is 10.5. The van der Waals surface area contributed by atoms with Crippen molar-refractivity contribution in [3.05, 3.63) is 53.6 Å². The average molecular weight is 373 g/mol. The van der Waals surface area contributed by atoms with Gasteiger partial charge in [-0.25, -0.2) is 8.42 Å². The normalized spacial score (nSPS) is 19.8. The topological polar surface area (TPSA) is 55.8 Å². The lowest BCUT2D eigenvalue weighted by Crippen LogP contribution is -2.28. The second kappa shape index (κ2) is 6.93. The third-order valence-electron chi connectivity index (χ3n) is 5.12. The fourth-order valence-electron chi connectivity index (χ4n) is 3.65. The summed E-state index contributed by atoms with van der Waals surface area (Å²) in [5.74, 6) is 1.68. The molecule has 2 aromatic rings. The molecule has 2 heterocycles. The van der Waals surface area contributed by atoms with Gasteiger partial charge >= 0.3 is 0 Å². The van der Waals surface area contributed by atoms with E-state index in [4.69, 9.17) is 9.47 Å². The highest BCUT2D eigenvalue weighted by Gasteiger charge is 2.33. The van der Waals surface area contributed by atoms with E-state index in [-0.39, 0.29) is 12.7 Å². The molecule has 0 aromatic heterocycles. The number of nitrogens with zero attached hydrogens (tertiary/aromatic N) is 1. The van der Waals surface area contributed by atoms with Crippen LogP contribution in [0, 0.1) is 0 Å². The van der Waals surface area contributed by atoms with E-state index in [0.29, 0.717) is 18.0 Å². The molecule has 5 nitrogen and oxygen atoms in total. The molecule has 4 rings (SSSR count). The van der Waals surface area contributed by atoms with Gasteiger partial charge in [0.25, 0.3) is 0 Å². The Hall–Kier alpha value is -2.05. The fourth-order valence-corrected chi connectivity index (χ4v) is 5.15. The minimum absolute atomic E-state index is 0.179. The van der Waals surface area contributed by atoms with Gasteiger partial charge in [0.1, 0.15) is 0 Å². The lowest BCUT2D eigenvalue weighted by atomic mass is 9.98. The van der Waals surface area contributed by atoms with Gasteiger partial charge in [0.2, 0.25) is 16.8 Å². The second-order valence-electron chi connectivity index (χ2n) is 6.86. The number of fused-ring (bicyclic) bond motifs is 1. The third-order valence-corrected chi connectivity index (χ3v) is 7.00. The van der Waals surface area contributed by atoms with Crippen molar-refractivity contribution < 1.29 is 17.9 Å². The maximum absolute atomic E-state index is 12.9. The molecule has 0 spiro atoms. The van der Waals surface area contributed by atoms with E-state index in [1.807, 2.05) is 30.3 Å². The summed E-state index contributed by atoms with van der Waals surface area (Å²) in [6.45, 7) is 3.40. The van der Waals surface area contributed by atoms with Crippen LogP contribution >= 0.6 is 0 Å². The van der Waals surface area contributed by atoms with Gasteiger partial charge in [-0.1, -0.05) is 31.5 Å². The molecule has 1 unspecified atom stereocenters. The summed E-state index contributed by atoms with van der Waals surface area (Å²) in [4.78, 5) is 0.378. The molecule has 1 fully saturated rings. The van der Waals surface area contributed by atoms with Crippen molar-refractivity contribution >= 4 is 10.0 Å². The number of sulfonamides is 1. The Morgan fingerprint density at radius 1 is 1.08 bits per heavy atom. The monoisotopic (exact) mass is 373 g/mol. The molecular formula is C20H23NO4S. The van der Waals surface area contributed by atoms with Crippen LogP contribution in [0.2, 0.25) is 0 Å². The van der Waals surface area contributed by atoms with Crippen LogP contribution in [0.4, 0.5) is 0 Å². The first-order valence-electron chi connectivity index (χ1n) is 9.06. The smallest absolute Gasteiger partial charge is 0.243 e. The van der Waals surface area contributed by atoms with Crippen LogP contribution < -0.4 is 9.47 Å². The summed E-state index contributed by atoms with van der Waals surface area (Å²) in [6.07, 6.45) is 2.83. The summed E-state index contributed by atoms with van der Waals surface area (Å²) in [7, 11) is -3.45. The van der Waals surface area contributed by atoms with Gasteiger partial charge in [0.15, 0.2) is 11.5 Å². The van der Waals surface area contributed by atoms with Crippen LogP contribution in [-0.4, -0.2) is 32.6 Å². The van der Waals surface area contributed by atoms with Crippen molar-refractivity contribution in [3.8, 4) is 11.5 Å². The number of hydrogen-bond acceptors (Lipinski definition) is 4. The molecule has 1 saturated heterocycles. The lowest BCUT2D eigenvalue weighted by Gasteiger charge is -2.17. The van der Waals surface area contributed by atoms with Gasteiger partial charge in [-0.3, -0.25) is 0 Å². The lowest BCUT2D eigenvalue weighted by molar-refractivity contribution is 0.174. The van der Waals surface area contributed by atoms with Crippen molar-refractivity contribution in [1.82, 2.24) is 4.31 Å². The Bertz CT molecular complexity index is 893. The molecule has 0 N–H and O–H groups in total. The van der Waals surface area contributed by atoms with Gasteiger partial charge in [-0.2, -0.15) is 4.31 Å². The fraction of sp³-hybridized carbons (Fsp3) is 0.400. The van der Waals surface area contributed by atoms with Crippen LogP contribution in [0.3, 0.4) is 0 Å². The summed E-state index contributed by atoms with van der Waals surface area (Å²) < 4.78 is 38.3. The molecule has 0 radical (unpaired) electrons. The van der Waals surface area contributed by atoms with E-state index < -0.39 is 10.0 Å². The Morgan fingerprint density at radius 3 is 2.62 bits per heavy atom. The molecule has 6 heteroatoms. The zero-order valence-electron chi connectivity index (χ0n) is 14.8. The highest BCUT2D eigenvalue weighted by molar-refractivity contribution is 7.89. The maximum atomic E-state index is 12.9. The molecular weight excluding hydrogens is 350 g/mol. The number of hydrogen-bond donors (Lipinski definition) is 0. The molecule has 0 amide bonds. The van der Waals surface area contributed by atoms with Crippen molar-refractivity contribution in [1.29, 1.82) is 0 Å². The van der Waals surface area contributed by atoms with Crippen LogP contribution in [0.15, 0.2) is 47.4 Å². The number of rotatable bonds is 5. The molecule has 1 atom stereocenters. The van der Waals surface area contributed by atoms with Gasteiger partial charge in [0, 0.05) is 13.1 Å². The third kappa shape index (κ3) is 3.19. The highest BCUT2D eigenvalue weighted by atomic mass is 32.2. The van der Waals surface area contributed by atoms with Crippen molar-refractivity contribution in [2.45, 2.75) is 37.0 Å². The Labute approximate surface area is 154 Å². The van der Waals surface area contributed by atoms with Crippen LogP contribution in [-0.2, 0) is 16.4 Å². The van der Waals surface area contributed by atoms with Crippen molar-refractivity contribution in [2.75, 3.05) is 19.9 Å². The summed E-state index contributed by atoms with van der Waals surface area (Å²) in [5.41, 5.74) is 2.27. The first kappa shape index (κ1) is 17.4. The average Bonchev–Trinajstić information content (AvgIpc) is 3.31. The first-order chi connectivity index (χ1) is 12.6.